The summed E-state index contributed by atoms with van der Waals surface area (Å²) < 4.78 is 0. The minimum atomic E-state index is 0.661. The first kappa shape index (κ1) is 12.9. The summed E-state index contributed by atoms with van der Waals surface area (Å²) in [6.45, 7) is 10.2. The molecular weight excluding hydrogens is 160 g/mol. The van der Waals surface area contributed by atoms with Crippen molar-refractivity contribution in [3.8, 4) is 0 Å². The smallest absolute Gasteiger partial charge is 0.00508 e. The zero-order valence-corrected chi connectivity index (χ0v) is 9.53. The van der Waals surface area contributed by atoms with E-state index < -0.39 is 0 Å². The van der Waals surface area contributed by atoms with Crippen LogP contribution in [0.5, 0.6) is 0 Å². The Hall–Kier alpha value is -0.0800. The highest BCUT2D eigenvalue weighted by atomic mass is 14.9. The summed E-state index contributed by atoms with van der Waals surface area (Å²) in [5.41, 5.74) is 0. The van der Waals surface area contributed by atoms with E-state index in [9.17, 15) is 0 Å². The Bertz CT molecular complexity index is 94.1. The normalized spacial score (nSPS) is 13.2. The maximum Gasteiger partial charge on any atom is 0.00508 e. The van der Waals surface area contributed by atoms with Crippen molar-refractivity contribution in [3.05, 3.63) is 0 Å². The lowest BCUT2D eigenvalue weighted by atomic mass is 10.2. The third kappa shape index (κ3) is 9.84. The van der Waals surface area contributed by atoms with Crippen molar-refractivity contribution in [1.29, 1.82) is 0 Å². The van der Waals surface area contributed by atoms with E-state index in [0.717, 1.165) is 13.1 Å². The van der Waals surface area contributed by atoms with E-state index in [0.29, 0.717) is 6.04 Å². The molecule has 2 heteroatoms. The summed E-state index contributed by atoms with van der Waals surface area (Å²) in [6.07, 6.45) is 5.06. The van der Waals surface area contributed by atoms with Crippen LogP contribution in [0, 0.1) is 0 Å². The molecule has 0 saturated heterocycles. The van der Waals surface area contributed by atoms with Gasteiger partial charge < -0.3 is 10.6 Å². The van der Waals surface area contributed by atoms with Gasteiger partial charge in [-0.2, -0.15) is 0 Å². The number of hydrogen-bond donors (Lipinski definition) is 2. The number of unbranched alkanes of at least 4 members (excludes halogenated alkanes) is 1. The van der Waals surface area contributed by atoms with Crippen LogP contribution in [0.4, 0.5) is 0 Å². The summed E-state index contributed by atoms with van der Waals surface area (Å²) in [4.78, 5) is 0. The Kier molecular flexibility index (Phi) is 9.94. The molecule has 1 unspecified atom stereocenters. The molecule has 13 heavy (non-hydrogen) atoms. The van der Waals surface area contributed by atoms with E-state index in [1.165, 1.54) is 32.2 Å². The van der Waals surface area contributed by atoms with E-state index in [1.807, 2.05) is 0 Å². The average Bonchev–Trinajstić information content (AvgIpc) is 2.14. The fourth-order valence-corrected chi connectivity index (χ4v) is 1.24. The van der Waals surface area contributed by atoms with Crippen molar-refractivity contribution in [2.75, 3.05) is 19.6 Å². The van der Waals surface area contributed by atoms with Crippen molar-refractivity contribution < 1.29 is 0 Å². The first-order chi connectivity index (χ1) is 6.31. The van der Waals surface area contributed by atoms with Crippen LogP contribution in [0.2, 0.25) is 0 Å². The van der Waals surface area contributed by atoms with Crippen LogP contribution in [0.15, 0.2) is 0 Å². The molecule has 2 N–H and O–H groups in total. The van der Waals surface area contributed by atoms with Gasteiger partial charge in [-0.15, -0.1) is 0 Å². The third-order valence-corrected chi connectivity index (χ3v) is 2.20. The van der Waals surface area contributed by atoms with Gasteiger partial charge in [0.15, 0.2) is 0 Å². The van der Waals surface area contributed by atoms with Gasteiger partial charge >= 0.3 is 0 Å². The third-order valence-electron chi connectivity index (χ3n) is 2.20. The maximum atomic E-state index is 3.48. The molecule has 0 fully saturated rings. The molecule has 0 radical (unpaired) electrons. The van der Waals surface area contributed by atoms with Crippen molar-refractivity contribution in [2.45, 2.75) is 52.5 Å². The van der Waals surface area contributed by atoms with Gasteiger partial charge in [0.05, 0.1) is 0 Å². The van der Waals surface area contributed by atoms with Crippen molar-refractivity contribution >= 4 is 0 Å². The van der Waals surface area contributed by atoms with Crippen LogP contribution in [-0.2, 0) is 0 Å². The number of nitrogens with one attached hydrogen (secondary N) is 2. The van der Waals surface area contributed by atoms with Crippen molar-refractivity contribution in [2.24, 2.45) is 0 Å². The first-order valence-corrected chi connectivity index (χ1v) is 5.75. The molecule has 0 aliphatic heterocycles. The van der Waals surface area contributed by atoms with Gasteiger partial charge in [-0.05, 0) is 45.8 Å². The average molecular weight is 186 g/mol. The van der Waals surface area contributed by atoms with Crippen LogP contribution in [0.25, 0.3) is 0 Å². The molecule has 1 atom stereocenters. The predicted molar refractivity (Wildman–Crippen MR) is 60.2 cm³/mol. The highest BCUT2D eigenvalue weighted by Crippen LogP contribution is 1.89. The molecule has 0 amide bonds. The molecule has 0 aromatic carbocycles. The topological polar surface area (TPSA) is 24.1 Å². The van der Waals surface area contributed by atoms with Crippen molar-refractivity contribution in [1.82, 2.24) is 10.6 Å². The fourth-order valence-electron chi connectivity index (χ4n) is 1.24. The molecule has 0 aliphatic rings. The van der Waals surface area contributed by atoms with Crippen LogP contribution >= 0.6 is 0 Å². The van der Waals surface area contributed by atoms with Crippen molar-refractivity contribution in [3.63, 3.8) is 0 Å². The van der Waals surface area contributed by atoms with E-state index in [1.54, 1.807) is 0 Å². The molecule has 0 bridgehead atoms. The molecule has 0 spiro atoms. The van der Waals surface area contributed by atoms with Crippen LogP contribution < -0.4 is 10.6 Å². The fraction of sp³-hybridized carbons (Fsp3) is 1.00. The minimum Gasteiger partial charge on any atom is -0.317 e. The molecule has 0 saturated carbocycles. The molecule has 0 aliphatic carbocycles. The SMILES string of the molecule is CCCCNCCC(C)NCCC. The second-order valence-corrected chi connectivity index (χ2v) is 3.75. The summed E-state index contributed by atoms with van der Waals surface area (Å²) in [5, 5.41) is 6.94. The highest BCUT2D eigenvalue weighted by molar-refractivity contribution is 4.61. The lowest BCUT2D eigenvalue weighted by molar-refractivity contribution is 0.489. The quantitative estimate of drug-likeness (QED) is 0.539. The Morgan fingerprint density at radius 1 is 1.00 bits per heavy atom. The standard InChI is InChI=1S/C11H26N2/c1-4-6-9-12-10-7-11(3)13-8-5-2/h11-13H,4-10H2,1-3H3. The summed E-state index contributed by atoms with van der Waals surface area (Å²) in [5.74, 6) is 0. The minimum absolute atomic E-state index is 0.661. The van der Waals surface area contributed by atoms with Gasteiger partial charge in [0.25, 0.3) is 0 Å². The molecule has 80 valence electrons. The summed E-state index contributed by atoms with van der Waals surface area (Å²) >= 11 is 0. The van der Waals surface area contributed by atoms with Gasteiger partial charge in [-0.25, -0.2) is 0 Å². The van der Waals surface area contributed by atoms with Crippen LogP contribution in [-0.4, -0.2) is 25.7 Å². The molecule has 0 aromatic rings. The highest BCUT2D eigenvalue weighted by Gasteiger charge is 1.98. The maximum absolute atomic E-state index is 3.48. The zero-order chi connectivity index (χ0) is 9.94. The first-order valence-electron chi connectivity index (χ1n) is 5.75. The Labute approximate surface area is 83.5 Å². The number of hydrogen-bond acceptors (Lipinski definition) is 2. The molecule has 0 rings (SSSR count). The summed E-state index contributed by atoms with van der Waals surface area (Å²) in [6, 6.07) is 0.661. The lowest BCUT2D eigenvalue weighted by Crippen LogP contribution is -2.30. The second kappa shape index (κ2) is 10.0. The predicted octanol–water partition coefficient (Wildman–Crippen LogP) is 2.15. The van der Waals surface area contributed by atoms with Crippen LogP contribution in [0.1, 0.15) is 46.5 Å². The Morgan fingerprint density at radius 3 is 2.38 bits per heavy atom. The van der Waals surface area contributed by atoms with Gasteiger partial charge in [0.2, 0.25) is 0 Å². The number of rotatable bonds is 9. The Morgan fingerprint density at radius 2 is 1.77 bits per heavy atom. The van der Waals surface area contributed by atoms with E-state index in [-0.39, 0.29) is 0 Å². The van der Waals surface area contributed by atoms with E-state index in [2.05, 4.69) is 31.4 Å². The molecule has 2 nitrogen and oxygen atoms in total. The van der Waals surface area contributed by atoms with E-state index >= 15 is 0 Å². The van der Waals surface area contributed by atoms with Gasteiger partial charge in [-0.3, -0.25) is 0 Å². The lowest BCUT2D eigenvalue weighted by Gasteiger charge is -2.13. The molecule has 0 aromatic heterocycles. The monoisotopic (exact) mass is 186 g/mol. The zero-order valence-electron chi connectivity index (χ0n) is 9.53. The van der Waals surface area contributed by atoms with Gasteiger partial charge in [0, 0.05) is 6.04 Å². The van der Waals surface area contributed by atoms with Gasteiger partial charge in [0.1, 0.15) is 0 Å². The Balaban J connectivity index is 3.03. The molecular formula is C11H26N2. The molecule has 0 heterocycles. The van der Waals surface area contributed by atoms with E-state index in [4.69, 9.17) is 0 Å². The van der Waals surface area contributed by atoms with Gasteiger partial charge in [-0.1, -0.05) is 20.3 Å². The summed E-state index contributed by atoms with van der Waals surface area (Å²) in [7, 11) is 0. The largest absolute Gasteiger partial charge is 0.317 e. The van der Waals surface area contributed by atoms with Crippen LogP contribution in [0.3, 0.4) is 0 Å². The second-order valence-electron chi connectivity index (χ2n) is 3.75.